The summed E-state index contributed by atoms with van der Waals surface area (Å²) >= 11 is 0. The van der Waals surface area contributed by atoms with Crippen molar-refractivity contribution < 1.29 is 23.5 Å². The zero-order chi connectivity index (χ0) is 26.6. The van der Waals surface area contributed by atoms with Crippen LogP contribution in [0.5, 0.6) is 5.75 Å². The van der Waals surface area contributed by atoms with Crippen LogP contribution in [0.25, 0.3) is 0 Å². The lowest BCUT2D eigenvalue weighted by molar-refractivity contribution is -0.131. The van der Waals surface area contributed by atoms with E-state index in [1.54, 1.807) is 37.6 Å². The Balaban J connectivity index is 1.63. The van der Waals surface area contributed by atoms with Crippen molar-refractivity contribution in [2.75, 3.05) is 38.0 Å². The molecule has 0 bridgehead atoms. The normalized spacial score (nSPS) is 16.9. The Labute approximate surface area is 214 Å². The Morgan fingerprint density at radius 1 is 1.08 bits per heavy atom. The van der Waals surface area contributed by atoms with Gasteiger partial charge in [-0.3, -0.25) is 14.9 Å². The molecule has 1 saturated heterocycles. The Morgan fingerprint density at radius 3 is 2.38 bits per heavy atom. The SMILES string of the molecule is COc1ccc(CCN2C(=O)NC(=O)C2(CC(=O)Nc2ccc(N(C)C)cn2)c2ccc(F)cc2)cc1. The minimum atomic E-state index is -1.66. The number of methoxy groups -OCH3 is 1. The van der Waals surface area contributed by atoms with E-state index in [-0.39, 0.29) is 13.0 Å². The maximum atomic E-state index is 13.8. The summed E-state index contributed by atoms with van der Waals surface area (Å²) in [6, 6.07) is 15.4. The van der Waals surface area contributed by atoms with Crippen LogP contribution >= 0.6 is 0 Å². The van der Waals surface area contributed by atoms with Gasteiger partial charge in [-0.05, 0) is 53.9 Å². The number of amides is 4. The average Bonchev–Trinajstić information content (AvgIpc) is 3.12. The molecule has 192 valence electrons. The number of carbonyl (C=O) groups excluding carboxylic acids is 3. The van der Waals surface area contributed by atoms with E-state index in [0.29, 0.717) is 23.6 Å². The number of anilines is 2. The second kappa shape index (κ2) is 10.7. The standard InChI is InChI=1S/C27H28FN5O4/c1-32(2)21-10-13-23(29-17-21)30-24(34)16-27(19-6-8-20(28)9-7-19)25(35)31-26(36)33(27)15-14-18-4-11-22(37-3)12-5-18/h4-13,17H,14-16H2,1-3H3,(H,29,30,34)(H,31,35,36). The number of benzene rings is 2. The summed E-state index contributed by atoms with van der Waals surface area (Å²) in [6.45, 7) is 0.143. The monoisotopic (exact) mass is 505 g/mol. The van der Waals surface area contributed by atoms with Crippen molar-refractivity contribution in [2.45, 2.75) is 18.4 Å². The van der Waals surface area contributed by atoms with Crippen LogP contribution in [0.1, 0.15) is 17.5 Å². The lowest BCUT2D eigenvalue weighted by Crippen LogP contribution is -2.50. The molecule has 1 aromatic heterocycles. The molecule has 1 unspecified atom stereocenters. The van der Waals surface area contributed by atoms with Crippen molar-refractivity contribution in [3.05, 3.63) is 83.8 Å². The molecule has 1 fully saturated rings. The minimum absolute atomic E-state index is 0.143. The predicted molar refractivity (Wildman–Crippen MR) is 137 cm³/mol. The van der Waals surface area contributed by atoms with Crippen LogP contribution in [0.3, 0.4) is 0 Å². The van der Waals surface area contributed by atoms with E-state index < -0.39 is 29.2 Å². The summed E-state index contributed by atoms with van der Waals surface area (Å²) in [7, 11) is 5.32. The number of nitrogens with zero attached hydrogens (tertiary/aromatic N) is 3. The molecule has 2 aromatic carbocycles. The number of halogens is 1. The van der Waals surface area contributed by atoms with Crippen molar-refractivity contribution in [2.24, 2.45) is 0 Å². The maximum Gasteiger partial charge on any atom is 0.325 e. The zero-order valence-corrected chi connectivity index (χ0v) is 20.8. The Bertz CT molecular complexity index is 1280. The number of ether oxygens (including phenoxy) is 1. The van der Waals surface area contributed by atoms with Gasteiger partial charge in [0.05, 0.1) is 25.4 Å². The smallest absolute Gasteiger partial charge is 0.325 e. The summed E-state index contributed by atoms with van der Waals surface area (Å²) < 4.78 is 18.9. The lowest BCUT2D eigenvalue weighted by Gasteiger charge is -2.35. The lowest BCUT2D eigenvalue weighted by atomic mass is 9.84. The first kappa shape index (κ1) is 25.6. The average molecular weight is 506 g/mol. The molecule has 0 saturated carbocycles. The molecule has 1 aliphatic heterocycles. The van der Waals surface area contributed by atoms with E-state index in [1.165, 1.54) is 29.2 Å². The first-order chi connectivity index (χ1) is 17.7. The highest BCUT2D eigenvalue weighted by atomic mass is 19.1. The predicted octanol–water partition coefficient (Wildman–Crippen LogP) is 3.31. The summed E-state index contributed by atoms with van der Waals surface area (Å²) in [5, 5.41) is 5.06. The van der Waals surface area contributed by atoms with Gasteiger partial charge < -0.3 is 19.9 Å². The number of pyridine rings is 1. The largest absolute Gasteiger partial charge is 0.497 e. The number of urea groups is 1. The van der Waals surface area contributed by atoms with Crippen LogP contribution in [0.4, 0.5) is 20.7 Å². The second-order valence-electron chi connectivity index (χ2n) is 8.90. The highest BCUT2D eigenvalue weighted by Crippen LogP contribution is 2.37. The van der Waals surface area contributed by atoms with Crippen molar-refractivity contribution in [1.82, 2.24) is 15.2 Å². The Kier molecular flexibility index (Phi) is 7.37. The highest BCUT2D eigenvalue weighted by Gasteiger charge is 2.55. The molecule has 0 radical (unpaired) electrons. The van der Waals surface area contributed by atoms with Crippen LogP contribution in [0.15, 0.2) is 66.9 Å². The van der Waals surface area contributed by atoms with Crippen molar-refractivity contribution in [1.29, 1.82) is 0 Å². The topological polar surface area (TPSA) is 104 Å². The molecule has 3 aromatic rings. The molecule has 4 rings (SSSR count). The van der Waals surface area contributed by atoms with Gasteiger partial charge in [0, 0.05) is 20.6 Å². The molecule has 1 aliphatic rings. The summed E-state index contributed by atoms with van der Waals surface area (Å²) in [5.41, 5.74) is 0.435. The van der Waals surface area contributed by atoms with Crippen LogP contribution in [0, 0.1) is 5.82 Å². The van der Waals surface area contributed by atoms with Crippen LogP contribution in [-0.2, 0) is 21.5 Å². The van der Waals surface area contributed by atoms with E-state index in [4.69, 9.17) is 4.74 Å². The van der Waals surface area contributed by atoms with Gasteiger partial charge in [-0.15, -0.1) is 0 Å². The van der Waals surface area contributed by atoms with Gasteiger partial charge in [0.15, 0.2) is 5.54 Å². The van der Waals surface area contributed by atoms with E-state index in [9.17, 15) is 18.8 Å². The van der Waals surface area contributed by atoms with Gasteiger partial charge in [0.1, 0.15) is 17.4 Å². The fourth-order valence-electron chi connectivity index (χ4n) is 4.32. The number of hydrogen-bond donors (Lipinski definition) is 2. The number of rotatable bonds is 9. The molecule has 37 heavy (non-hydrogen) atoms. The molecule has 2 heterocycles. The van der Waals surface area contributed by atoms with Gasteiger partial charge in [0.25, 0.3) is 5.91 Å². The number of nitrogens with one attached hydrogen (secondary N) is 2. The quantitative estimate of drug-likeness (QED) is 0.433. The molecular weight excluding hydrogens is 477 g/mol. The van der Waals surface area contributed by atoms with Crippen LogP contribution in [-0.4, -0.2) is 55.5 Å². The fraction of sp³-hybridized carbons (Fsp3) is 0.259. The van der Waals surface area contributed by atoms with Gasteiger partial charge in [-0.1, -0.05) is 24.3 Å². The fourth-order valence-corrected chi connectivity index (χ4v) is 4.32. The molecule has 1 atom stereocenters. The molecule has 2 N–H and O–H groups in total. The number of hydrogen-bond acceptors (Lipinski definition) is 6. The van der Waals surface area contributed by atoms with Gasteiger partial charge in [-0.2, -0.15) is 0 Å². The molecule has 10 heteroatoms. The summed E-state index contributed by atoms with van der Waals surface area (Å²) in [6.07, 6.45) is 1.65. The van der Waals surface area contributed by atoms with Gasteiger partial charge >= 0.3 is 6.03 Å². The number of imide groups is 1. The number of aromatic nitrogens is 1. The third-order valence-electron chi connectivity index (χ3n) is 6.36. The van der Waals surface area contributed by atoms with E-state index in [1.807, 2.05) is 31.1 Å². The number of carbonyl (C=O) groups is 3. The first-order valence-corrected chi connectivity index (χ1v) is 11.7. The maximum absolute atomic E-state index is 13.8. The second-order valence-corrected chi connectivity index (χ2v) is 8.90. The zero-order valence-electron chi connectivity index (χ0n) is 20.8. The molecule has 0 aliphatic carbocycles. The summed E-state index contributed by atoms with van der Waals surface area (Å²) in [4.78, 5) is 46.9. The van der Waals surface area contributed by atoms with Gasteiger partial charge in [-0.25, -0.2) is 14.2 Å². The minimum Gasteiger partial charge on any atom is -0.497 e. The van der Waals surface area contributed by atoms with Gasteiger partial charge in [0.2, 0.25) is 5.91 Å². The third kappa shape index (κ3) is 5.37. The molecule has 4 amide bonds. The third-order valence-corrected chi connectivity index (χ3v) is 6.36. The molecule has 0 spiro atoms. The highest BCUT2D eigenvalue weighted by molar-refractivity contribution is 6.10. The molecular formula is C27H28FN5O4. The Morgan fingerprint density at radius 2 is 1.78 bits per heavy atom. The van der Waals surface area contributed by atoms with Crippen LogP contribution in [0.2, 0.25) is 0 Å². The van der Waals surface area contributed by atoms with Crippen molar-refractivity contribution >= 4 is 29.4 Å². The van der Waals surface area contributed by atoms with Crippen molar-refractivity contribution in [3.8, 4) is 5.75 Å². The van der Waals surface area contributed by atoms with Crippen LogP contribution < -0.4 is 20.3 Å². The summed E-state index contributed by atoms with van der Waals surface area (Å²) in [5.74, 6) is -0.663. The van der Waals surface area contributed by atoms with E-state index in [2.05, 4.69) is 15.6 Å². The van der Waals surface area contributed by atoms with E-state index >= 15 is 0 Å². The van der Waals surface area contributed by atoms with E-state index in [0.717, 1.165) is 11.3 Å². The first-order valence-electron chi connectivity index (χ1n) is 11.7. The molecule has 9 nitrogen and oxygen atoms in total. The Hall–Kier alpha value is -4.47. The van der Waals surface area contributed by atoms with Crippen molar-refractivity contribution in [3.63, 3.8) is 0 Å².